The molecule has 2 heterocycles. The Bertz CT molecular complexity index is 124. The van der Waals surface area contributed by atoms with Gasteiger partial charge in [-0.25, -0.2) is 0 Å². The molecular formula is C10H20N2. The van der Waals surface area contributed by atoms with Gasteiger partial charge in [0.15, 0.2) is 0 Å². The summed E-state index contributed by atoms with van der Waals surface area (Å²) in [5.74, 6) is 0.947. The van der Waals surface area contributed by atoms with Gasteiger partial charge >= 0.3 is 0 Å². The smallest absolute Gasteiger partial charge is 0.00223 e. The molecule has 0 aliphatic carbocycles. The lowest BCUT2D eigenvalue weighted by Crippen LogP contribution is -2.34. The van der Waals surface area contributed by atoms with Crippen molar-refractivity contribution in [2.75, 3.05) is 32.7 Å². The van der Waals surface area contributed by atoms with E-state index in [0.717, 1.165) is 5.92 Å². The minimum atomic E-state index is 0.947. The van der Waals surface area contributed by atoms with Crippen LogP contribution in [0.5, 0.6) is 0 Å². The number of rotatable bonds is 2. The van der Waals surface area contributed by atoms with Crippen LogP contribution in [0.1, 0.15) is 25.7 Å². The van der Waals surface area contributed by atoms with Gasteiger partial charge in [-0.3, -0.25) is 0 Å². The Morgan fingerprint density at radius 1 is 1.17 bits per heavy atom. The summed E-state index contributed by atoms with van der Waals surface area (Å²) < 4.78 is 0. The second-order valence-corrected chi connectivity index (χ2v) is 4.22. The molecule has 1 atom stereocenters. The van der Waals surface area contributed by atoms with Gasteiger partial charge in [-0.05, 0) is 51.4 Å². The van der Waals surface area contributed by atoms with Crippen molar-refractivity contribution < 1.29 is 0 Å². The highest BCUT2D eigenvalue weighted by atomic mass is 15.1. The van der Waals surface area contributed by atoms with Crippen LogP contribution in [-0.2, 0) is 0 Å². The van der Waals surface area contributed by atoms with Gasteiger partial charge < -0.3 is 10.2 Å². The van der Waals surface area contributed by atoms with E-state index in [2.05, 4.69) is 10.2 Å². The Morgan fingerprint density at radius 2 is 2.00 bits per heavy atom. The van der Waals surface area contributed by atoms with Gasteiger partial charge in [0.25, 0.3) is 0 Å². The van der Waals surface area contributed by atoms with E-state index in [1.807, 2.05) is 0 Å². The number of hydrogen-bond donors (Lipinski definition) is 1. The normalized spacial score (nSPS) is 32.5. The van der Waals surface area contributed by atoms with E-state index in [1.54, 1.807) is 0 Å². The van der Waals surface area contributed by atoms with Crippen LogP contribution in [-0.4, -0.2) is 37.6 Å². The SMILES string of the molecule is C1CCN(C[C@H]2CCNC2)CC1. The van der Waals surface area contributed by atoms with Crippen LogP contribution in [0.15, 0.2) is 0 Å². The Balaban J connectivity index is 1.69. The van der Waals surface area contributed by atoms with Crippen molar-refractivity contribution in [3.05, 3.63) is 0 Å². The summed E-state index contributed by atoms with van der Waals surface area (Å²) in [4.78, 5) is 2.65. The number of nitrogens with zero attached hydrogens (tertiary/aromatic N) is 1. The highest BCUT2D eigenvalue weighted by Gasteiger charge is 2.18. The summed E-state index contributed by atoms with van der Waals surface area (Å²) in [5, 5.41) is 3.44. The van der Waals surface area contributed by atoms with Crippen molar-refractivity contribution in [1.82, 2.24) is 10.2 Å². The van der Waals surface area contributed by atoms with E-state index in [-0.39, 0.29) is 0 Å². The molecule has 2 heteroatoms. The molecule has 2 aliphatic heterocycles. The zero-order chi connectivity index (χ0) is 8.23. The summed E-state index contributed by atoms with van der Waals surface area (Å²) >= 11 is 0. The van der Waals surface area contributed by atoms with E-state index < -0.39 is 0 Å². The molecule has 12 heavy (non-hydrogen) atoms. The zero-order valence-electron chi connectivity index (χ0n) is 7.89. The topological polar surface area (TPSA) is 15.3 Å². The summed E-state index contributed by atoms with van der Waals surface area (Å²) in [6.45, 7) is 6.58. The molecule has 0 amide bonds. The fourth-order valence-electron chi connectivity index (χ4n) is 2.38. The standard InChI is InChI=1S/C10H20N2/c1-2-6-12(7-3-1)9-10-4-5-11-8-10/h10-11H,1-9H2/t10-/m0/s1. The molecule has 2 nitrogen and oxygen atoms in total. The number of nitrogens with one attached hydrogen (secondary N) is 1. The van der Waals surface area contributed by atoms with Gasteiger partial charge in [-0.1, -0.05) is 6.42 Å². The molecule has 0 saturated carbocycles. The molecule has 0 spiro atoms. The monoisotopic (exact) mass is 168 g/mol. The van der Waals surface area contributed by atoms with Crippen LogP contribution < -0.4 is 5.32 Å². The van der Waals surface area contributed by atoms with E-state index in [0.29, 0.717) is 0 Å². The fraction of sp³-hybridized carbons (Fsp3) is 1.00. The first-order chi connectivity index (χ1) is 5.95. The average molecular weight is 168 g/mol. The molecule has 1 N–H and O–H groups in total. The third-order valence-electron chi connectivity index (χ3n) is 3.13. The highest BCUT2D eigenvalue weighted by molar-refractivity contribution is 4.76. The molecule has 2 rings (SSSR count). The molecule has 0 bridgehead atoms. The summed E-state index contributed by atoms with van der Waals surface area (Å²) in [5.41, 5.74) is 0. The van der Waals surface area contributed by atoms with Gasteiger partial charge in [0.1, 0.15) is 0 Å². The summed E-state index contributed by atoms with van der Waals surface area (Å²) in [7, 11) is 0. The van der Waals surface area contributed by atoms with Crippen molar-refractivity contribution in [2.24, 2.45) is 5.92 Å². The largest absolute Gasteiger partial charge is 0.316 e. The summed E-state index contributed by atoms with van der Waals surface area (Å²) in [6.07, 6.45) is 5.72. The van der Waals surface area contributed by atoms with Crippen LogP contribution in [0.3, 0.4) is 0 Å². The predicted molar refractivity (Wildman–Crippen MR) is 51.3 cm³/mol. The minimum Gasteiger partial charge on any atom is -0.316 e. The van der Waals surface area contributed by atoms with E-state index in [9.17, 15) is 0 Å². The van der Waals surface area contributed by atoms with Crippen molar-refractivity contribution in [2.45, 2.75) is 25.7 Å². The Kier molecular flexibility index (Phi) is 3.01. The first-order valence-corrected chi connectivity index (χ1v) is 5.38. The molecular weight excluding hydrogens is 148 g/mol. The lowest BCUT2D eigenvalue weighted by Gasteiger charge is -2.28. The maximum Gasteiger partial charge on any atom is 0.00223 e. The molecule has 70 valence electrons. The third-order valence-corrected chi connectivity index (χ3v) is 3.13. The van der Waals surface area contributed by atoms with Gasteiger partial charge in [-0.2, -0.15) is 0 Å². The van der Waals surface area contributed by atoms with Gasteiger partial charge in [-0.15, -0.1) is 0 Å². The molecule has 0 radical (unpaired) electrons. The Morgan fingerprint density at radius 3 is 2.67 bits per heavy atom. The van der Waals surface area contributed by atoms with Crippen LogP contribution in [0.2, 0.25) is 0 Å². The van der Waals surface area contributed by atoms with Crippen LogP contribution in [0, 0.1) is 5.92 Å². The zero-order valence-corrected chi connectivity index (χ0v) is 7.89. The third kappa shape index (κ3) is 2.20. The second kappa shape index (κ2) is 4.24. The number of likely N-dealkylation sites (tertiary alicyclic amines) is 1. The van der Waals surface area contributed by atoms with Gasteiger partial charge in [0.05, 0.1) is 0 Å². The van der Waals surface area contributed by atoms with Crippen LogP contribution in [0.4, 0.5) is 0 Å². The predicted octanol–water partition coefficient (Wildman–Crippen LogP) is 1.08. The van der Waals surface area contributed by atoms with E-state index >= 15 is 0 Å². The maximum absolute atomic E-state index is 3.44. The molecule has 2 fully saturated rings. The molecule has 0 aromatic carbocycles. The number of piperidine rings is 1. The summed E-state index contributed by atoms with van der Waals surface area (Å²) in [6, 6.07) is 0. The minimum absolute atomic E-state index is 0.947. The van der Waals surface area contributed by atoms with Gasteiger partial charge in [0, 0.05) is 6.54 Å². The lowest BCUT2D eigenvalue weighted by atomic mass is 10.1. The Labute approximate surface area is 75.3 Å². The first kappa shape index (κ1) is 8.52. The van der Waals surface area contributed by atoms with E-state index in [4.69, 9.17) is 0 Å². The lowest BCUT2D eigenvalue weighted by molar-refractivity contribution is 0.200. The molecule has 2 aliphatic rings. The van der Waals surface area contributed by atoms with Crippen LogP contribution in [0.25, 0.3) is 0 Å². The van der Waals surface area contributed by atoms with Crippen molar-refractivity contribution in [3.63, 3.8) is 0 Å². The number of hydrogen-bond acceptors (Lipinski definition) is 2. The van der Waals surface area contributed by atoms with E-state index in [1.165, 1.54) is 58.4 Å². The Hall–Kier alpha value is -0.0800. The average Bonchev–Trinajstić information content (AvgIpc) is 2.59. The van der Waals surface area contributed by atoms with Crippen molar-refractivity contribution in [3.8, 4) is 0 Å². The highest BCUT2D eigenvalue weighted by Crippen LogP contribution is 2.14. The molecule has 0 aromatic rings. The van der Waals surface area contributed by atoms with Crippen molar-refractivity contribution >= 4 is 0 Å². The molecule has 0 unspecified atom stereocenters. The maximum atomic E-state index is 3.44. The van der Waals surface area contributed by atoms with Crippen molar-refractivity contribution in [1.29, 1.82) is 0 Å². The first-order valence-electron chi connectivity index (χ1n) is 5.38. The van der Waals surface area contributed by atoms with Crippen LogP contribution >= 0.6 is 0 Å². The molecule has 0 aromatic heterocycles. The molecule has 2 saturated heterocycles. The second-order valence-electron chi connectivity index (χ2n) is 4.22. The fourth-order valence-corrected chi connectivity index (χ4v) is 2.38. The quantitative estimate of drug-likeness (QED) is 0.664. The van der Waals surface area contributed by atoms with Gasteiger partial charge in [0.2, 0.25) is 0 Å².